The molecular formula is C21H20N2O4. The van der Waals surface area contributed by atoms with Crippen LogP contribution in [0.2, 0.25) is 0 Å². The maximum Gasteiger partial charge on any atom is 0.356 e. The van der Waals surface area contributed by atoms with Crippen molar-refractivity contribution in [1.29, 1.82) is 0 Å². The average molecular weight is 364 g/mol. The number of aromatic carboxylic acids is 1. The lowest BCUT2D eigenvalue weighted by Crippen LogP contribution is -2.04. The van der Waals surface area contributed by atoms with Gasteiger partial charge < -0.3 is 14.6 Å². The predicted octanol–water partition coefficient (Wildman–Crippen LogP) is 3.61. The molecular weight excluding hydrogens is 344 g/mol. The Hall–Kier alpha value is -3.25. The molecule has 0 fully saturated rings. The van der Waals surface area contributed by atoms with Crippen molar-refractivity contribution in [2.45, 2.75) is 13.0 Å². The molecule has 0 radical (unpaired) electrons. The van der Waals surface area contributed by atoms with E-state index in [9.17, 15) is 4.79 Å². The zero-order valence-corrected chi connectivity index (χ0v) is 15.0. The Labute approximate surface area is 157 Å². The monoisotopic (exact) mass is 364 g/mol. The van der Waals surface area contributed by atoms with E-state index in [1.54, 1.807) is 13.3 Å². The summed E-state index contributed by atoms with van der Waals surface area (Å²) in [4.78, 5) is 19.3. The van der Waals surface area contributed by atoms with E-state index in [0.717, 1.165) is 23.3 Å². The number of rotatable bonds is 8. The van der Waals surface area contributed by atoms with Gasteiger partial charge in [0.2, 0.25) is 0 Å². The first-order valence-electron chi connectivity index (χ1n) is 8.51. The summed E-state index contributed by atoms with van der Waals surface area (Å²) in [7, 11) is 1.69. The van der Waals surface area contributed by atoms with Crippen molar-refractivity contribution in [1.82, 2.24) is 9.97 Å². The Morgan fingerprint density at radius 2 is 1.85 bits per heavy atom. The summed E-state index contributed by atoms with van der Waals surface area (Å²) in [5.41, 5.74) is 3.30. The highest BCUT2D eigenvalue weighted by Gasteiger charge is 2.11. The fraction of sp³-hybridized carbons (Fsp3) is 0.190. The summed E-state index contributed by atoms with van der Waals surface area (Å²) in [5, 5.41) is 9.12. The van der Waals surface area contributed by atoms with Gasteiger partial charge in [0, 0.05) is 12.7 Å². The molecule has 0 aliphatic carbocycles. The van der Waals surface area contributed by atoms with Crippen LogP contribution in [0.25, 0.3) is 11.3 Å². The SMILES string of the molecule is COCCc1ccc(OCc2ccccc2-c2cncc(C(=O)O)n2)cc1. The average Bonchev–Trinajstić information content (AvgIpc) is 2.72. The van der Waals surface area contributed by atoms with E-state index in [2.05, 4.69) is 9.97 Å². The molecule has 2 aromatic carbocycles. The van der Waals surface area contributed by atoms with Gasteiger partial charge in [-0.15, -0.1) is 0 Å². The van der Waals surface area contributed by atoms with Crippen LogP contribution in [-0.4, -0.2) is 34.8 Å². The standard InChI is InChI=1S/C21H20N2O4/c1-26-11-10-15-6-8-17(9-7-15)27-14-16-4-2-3-5-18(16)19-12-22-13-20(23-19)21(24)25/h2-9,12-13H,10-11,14H2,1H3,(H,24,25). The number of hydrogen-bond donors (Lipinski definition) is 1. The molecule has 0 aliphatic heterocycles. The molecule has 6 nitrogen and oxygen atoms in total. The van der Waals surface area contributed by atoms with Crippen LogP contribution in [0.4, 0.5) is 0 Å². The second-order valence-electron chi connectivity index (χ2n) is 5.93. The van der Waals surface area contributed by atoms with Gasteiger partial charge in [-0.05, 0) is 29.7 Å². The van der Waals surface area contributed by atoms with Crippen molar-refractivity contribution in [3.63, 3.8) is 0 Å². The summed E-state index contributed by atoms with van der Waals surface area (Å²) in [6.07, 6.45) is 3.64. The maximum atomic E-state index is 11.1. The number of carboxylic acid groups (broad SMARTS) is 1. The molecule has 3 rings (SSSR count). The van der Waals surface area contributed by atoms with Gasteiger partial charge in [-0.1, -0.05) is 36.4 Å². The molecule has 0 unspecified atom stereocenters. The Morgan fingerprint density at radius 3 is 2.59 bits per heavy atom. The molecule has 1 aromatic heterocycles. The molecule has 0 aliphatic rings. The van der Waals surface area contributed by atoms with Crippen molar-refractivity contribution in [2.24, 2.45) is 0 Å². The second-order valence-corrected chi connectivity index (χ2v) is 5.93. The molecule has 1 heterocycles. The maximum absolute atomic E-state index is 11.1. The van der Waals surface area contributed by atoms with Crippen LogP contribution >= 0.6 is 0 Å². The van der Waals surface area contributed by atoms with E-state index in [0.29, 0.717) is 18.9 Å². The van der Waals surface area contributed by atoms with E-state index in [-0.39, 0.29) is 5.69 Å². The number of hydrogen-bond acceptors (Lipinski definition) is 5. The number of benzene rings is 2. The van der Waals surface area contributed by atoms with Crippen LogP contribution in [0.5, 0.6) is 5.75 Å². The van der Waals surface area contributed by atoms with Crippen LogP contribution in [0, 0.1) is 0 Å². The number of ether oxygens (including phenoxy) is 2. The predicted molar refractivity (Wildman–Crippen MR) is 101 cm³/mol. The van der Waals surface area contributed by atoms with Gasteiger partial charge in [0.05, 0.1) is 24.7 Å². The molecule has 0 spiro atoms. The number of carbonyl (C=O) groups is 1. The lowest BCUT2D eigenvalue weighted by atomic mass is 10.1. The normalized spacial score (nSPS) is 10.6. The van der Waals surface area contributed by atoms with Gasteiger partial charge in [-0.25, -0.2) is 9.78 Å². The summed E-state index contributed by atoms with van der Waals surface area (Å²) < 4.78 is 11.0. The van der Waals surface area contributed by atoms with Crippen LogP contribution in [0.1, 0.15) is 21.6 Å². The first-order valence-corrected chi connectivity index (χ1v) is 8.51. The summed E-state index contributed by atoms with van der Waals surface area (Å²) in [6.45, 7) is 1.02. The molecule has 1 N–H and O–H groups in total. The van der Waals surface area contributed by atoms with Crippen LogP contribution in [-0.2, 0) is 17.8 Å². The zero-order valence-electron chi connectivity index (χ0n) is 15.0. The number of nitrogens with zero attached hydrogens (tertiary/aromatic N) is 2. The van der Waals surface area contributed by atoms with Crippen molar-refractivity contribution in [2.75, 3.05) is 13.7 Å². The molecule has 0 saturated carbocycles. The van der Waals surface area contributed by atoms with Gasteiger partial charge in [-0.3, -0.25) is 4.98 Å². The third kappa shape index (κ3) is 4.89. The molecule has 6 heteroatoms. The summed E-state index contributed by atoms with van der Waals surface area (Å²) in [5.74, 6) is -0.344. The molecule has 138 valence electrons. The molecule has 0 bridgehead atoms. The molecule has 0 amide bonds. The smallest absolute Gasteiger partial charge is 0.356 e. The van der Waals surface area contributed by atoms with Crippen molar-refractivity contribution < 1.29 is 19.4 Å². The highest BCUT2D eigenvalue weighted by molar-refractivity contribution is 5.85. The Bertz CT molecular complexity index is 910. The number of carboxylic acids is 1. The minimum Gasteiger partial charge on any atom is -0.489 e. The minimum absolute atomic E-state index is 0.0881. The molecule has 27 heavy (non-hydrogen) atoms. The lowest BCUT2D eigenvalue weighted by Gasteiger charge is -2.11. The Kier molecular flexibility index (Phi) is 6.12. The van der Waals surface area contributed by atoms with E-state index in [1.165, 1.54) is 11.8 Å². The fourth-order valence-corrected chi connectivity index (χ4v) is 2.63. The highest BCUT2D eigenvalue weighted by atomic mass is 16.5. The van der Waals surface area contributed by atoms with Gasteiger partial charge in [0.25, 0.3) is 0 Å². The first kappa shape index (κ1) is 18.5. The third-order valence-electron chi connectivity index (χ3n) is 4.06. The molecule has 0 atom stereocenters. The van der Waals surface area contributed by atoms with Crippen molar-refractivity contribution >= 4 is 5.97 Å². The van der Waals surface area contributed by atoms with E-state index in [1.807, 2.05) is 48.5 Å². The Balaban J connectivity index is 1.75. The summed E-state index contributed by atoms with van der Waals surface area (Å²) >= 11 is 0. The van der Waals surface area contributed by atoms with E-state index < -0.39 is 5.97 Å². The van der Waals surface area contributed by atoms with Gasteiger partial charge in [0.1, 0.15) is 12.4 Å². The Morgan fingerprint density at radius 1 is 1.07 bits per heavy atom. The largest absolute Gasteiger partial charge is 0.489 e. The van der Waals surface area contributed by atoms with Crippen LogP contribution < -0.4 is 4.74 Å². The van der Waals surface area contributed by atoms with E-state index in [4.69, 9.17) is 14.6 Å². The van der Waals surface area contributed by atoms with Crippen molar-refractivity contribution in [3.05, 3.63) is 77.7 Å². The fourth-order valence-electron chi connectivity index (χ4n) is 2.63. The topological polar surface area (TPSA) is 81.5 Å². The number of methoxy groups -OCH3 is 1. The lowest BCUT2D eigenvalue weighted by molar-refractivity contribution is 0.0690. The van der Waals surface area contributed by atoms with Crippen molar-refractivity contribution in [3.8, 4) is 17.0 Å². The van der Waals surface area contributed by atoms with Gasteiger partial charge >= 0.3 is 5.97 Å². The van der Waals surface area contributed by atoms with Crippen LogP contribution in [0.15, 0.2) is 60.9 Å². The van der Waals surface area contributed by atoms with Crippen LogP contribution in [0.3, 0.4) is 0 Å². The van der Waals surface area contributed by atoms with Gasteiger partial charge in [-0.2, -0.15) is 0 Å². The van der Waals surface area contributed by atoms with E-state index >= 15 is 0 Å². The first-order chi connectivity index (χ1) is 13.2. The highest BCUT2D eigenvalue weighted by Crippen LogP contribution is 2.23. The third-order valence-corrected chi connectivity index (χ3v) is 4.06. The second kappa shape index (κ2) is 8.91. The minimum atomic E-state index is -1.10. The molecule has 3 aromatic rings. The summed E-state index contributed by atoms with van der Waals surface area (Å²) in [6, 6.07) is 15.5. The number of aromatic nitrogens is 2. The quantitative estimate of drug-likeness (QED) is 0.658. The van der Waals surface area contributed by atoms with Gasteiger partial charge in [0.15, 0.2) is 5.69 Å². The molecule has 0 saturated heterocycles. The zero-order chi connectivity index (χ0) is 19.1.